The number of anilines is 1. The van der Waals surface area contributed by atoms with E-state index in [-0.39, 0.29) is 5.92 Å². The van der Waals surface area contributed by atoms with Crippen LogP contribution in [0.15, 0.2) is 36.7 Å². The number of aryl methyl sites for hydroxylation is 1. The Balaban J connectivity index is 1.27. The van der Waals surface area contributed by atoms with Crippen LogP contribution < -0.4 is 4.90 Å². The van der Waals surface area contributed by atoms with Crippen molar-refractivity contribution >= 4 is 17.5 Å². The van der Waals surface area contributed by atoms with E-state index in [0.29, 0.717) is 11.7 Å². The van der Waals surface area contributed by atoms with Crippen molar-refractivity contribution in [2.24, 2.45) is 5.92 Å². The first-order valence-corrected chi connectivity index (χ1v) is 9.97. The molecule has 0 unspecified atom stereocenters. The van der Waals surface area contributed by atoms with Crippen LogP contribution in [0.2, 0.25) is 0 Å². The molecule has 28 heavy (non-hydrogen) atoms. The highest BCUT2D eigenvalue weighted by Crippen LogP contribution is 2.27. The third-order valence-electron chi connectivity index (χ3n) is 5.97. The van der Waals surface area contributed by atoms with Crippen LogP contribution in [0.4, 0.5) is 5.82 Å². The van der Waals surface area contributed by atoms with Crippen molar-refractivity contribution in [3.05, 3.63) is 53.5 Å². The monoisotopic (exact) mass is 376 g/mol. The number of fused-ring (bicyclic) bond motifs is 2. The van der Waals surface area contributed by atoms with E-state index in [9.17, 15) is 4.79 Å². The van der Waals surface area contributed by atoms with Crippen LogP contribution in [0.5, 0.6) is 0 Å². The Morgan fingerprint density at radius 2 is 1.89 bits per heavy atom. The van der Waals surface area contributed by atoms with Gasteiger partial charge in [0.2, 0.25) is 5.91 Å². The summed E-state index contributed by atoms with van der Waals surface area (Å²) in [4.78, 5) is 26.1. The third-order valence-corrected chi connectivity index (χ3v) is 5.97. The number of carbonyl (C=O) groups is 1. The zero-order valence-corrected chi connectivity index (χ0v) is 16.1. The number of nitrogens with zero attached hydrogens (tertiary/aromatic N) is 6. The molecule has 0 bridgehead atoms. The molecule has 5 rings (SSSR count). The highest BCUT2D eigenvalue weighted by atomic mass is 16.2. The van der Waals surface area contributed by atoms with E-state index >= 15 is 0 Å². The molecule has 0 aliphatic carbocycles. The molecule has 3 aromatic rings. The number of amides is 1. The molecule has 0 atom stereocenters. The zero-order chi connectivity index (χ0) is 19.1. The number of hydrogen-bond donors (Lipinski definition) is 0. The van der Waals surface area contributed by atoms with Gasteiger partial charge in [0, 0.05) is 43.9 Å². The standard InChI is InChI=1S/C21H24N6O/c1-15-12-19(27-21(24-15)22-14-23-27)25-9-7-17(8-10-25)20(28)26-11-6-16-4-2-3-5-18(16)13-26/h2-5,12,14,17H,6-11,13H2,1H3. The van der Waals surface area contributed by atoms with Gasteiger partial charge in [0.05, 0.1) is 0 Å². The van der Waals surface area contributed by atoms with Crippen LogP contribution in [0.25, 0.3) is 5.78 Å². The van der Waals surface area contributed by atoms with Crippen molar-refractivity contribution < 1.29 is 4.79 Å². The maximum absolute atomic E-state index is 13.1. The maximum Gasteiger partial charge on any atom is 0.254 e. The average Bonchev–Trinajstić information content (AvgIpc) is 3.21. The van der Waals surface area contributed by atoms with E-state index in [2.05, 4.69) is 49.1 Å². The van der Waals surface area contributed by atoms with Crippen LogP contribution in [-0.2, 0) is 17.8 Å². The van der Waals surface area contributed by atoms with Crippen LogP contribution >= 0.6 is 0 Å². The fourth-order valence-corrected chi connectivity index (χ4v) is 4.43. The Hall–Kier alpha value is -2.96. The van der Waals surface area contributed by atoms with Gasteiger partial charge >= 0.3 is 0 Å². The summed E-state index contributed by atoms with van der Waals surface area (Å²) in [6.07, 6.45) is 4.24. The molecule has 2 aliphatic rings. The smallest absolute Gasteiger partial charge is 0.254 e. The van der Waals surface area contributed by atoms with E-state index < -0.39 is 0 Å². The second-order valence-electron chi connectivity index (χ2n) is 7.77. The lowest BCUT2D eigenvalue weighted by atomic mass is 9.93. The summed E-state index contributed by atoms with van der Waals surface area (Å²) in [5.74, 6) is 2.06. The van der Waals surface area contributed by atoms with E-state index in [0.717, 1.165) is 57.0 Å². The average molecular weight is 376 g/mol. The topological polar surface area (TPSA) is 66.6 Å². The predicted octanol–water partition coefficient (Wildman–Crippen LogP) is 2.23. The number of aromatic nitrogens is 4. The molecule has 0 radical (unpaired) electrons. The lowest BCUT2D eigenvalue weighted by molar-refractivity contribution is -0.137. The summed E-state index contributed by atoms with van der Waals surface area (Å²) in [7, 11) is 0. The number of carbonyl (C=O) groups excluding carboxylic acids is 1. The Kier molecular flexibility index (Phi) is 4.22. The van der Waals surface area contributed by atoms with Gasteiger partial charge in [-0.05, 0) is 37.3 Å². The molecule has 7 heteroatoms. The first kappa shape index (κ1) is 17.2. The Morgan fingerprint density at radius 1 is 1.11 bits per heavy atom. The molecule has 2 aromatic heterocycles. The third kappa shape index (κ3) is 3.00. The van der Waals surface area contributed by atoms with Gasteiger partial charge in [-0.25, -0.2) is 4.98 Å². The summed E-state index contributed by atoms with van der Waals surface area (Å²) >= 11 is 0. The van der Waals surface area contributed by atoms with Crippen LogP contribution in [0.1, 0.15) is 29.7 Å². The van der Waals surface area contributed by atoms with Gasteiger partial charge in [0.15, 0.2) is 0 Å². The molecule has 0 spiro atoms. The van der Waals surface area contributed by atoms with Gasteiger partial charge in [0.25, 0.3) is 5.78 Å². The minimum atomic E-state index is 0.107. The summed E-state index contributed by atoms with van der Waals surface area (Å²) < 4.78 is 1.79. The molecular formula is C21H24N6O. The first-order chi connectivity index (χ1) is 13.7. The van der Waals surface area contributed by atoms with Crippen LogP contribution in [-0.4, -0.2) is 50.0 Å². The fourth-order valence-electron chi connectivity index (χ4n) is 4.43. The SMILES string of the molecule is Cc1cc(N2CCC(C(=O)N3CCc4ccccc4C3)CC2)n2ncnc2n1. The highest BCUT2D eigenvalue weighted by molar-refractivity contribution is 5.79. The molecule has 1 fully saturated rings. The zero-order valence-electron chi connectivity index (χ0n) is 16.1. The van der Waals surface area contributed by atoms with Gasteiger partial charge in [0.1, 0.15) is 12.1 Å². The first-order valence-electron chi connectivity index (χ1n) is 9.97. The number of benzene rings is 1. The molecule has 0 N–H and O–H groups in total. The van der Waals surface area contributed by atoms with Crippen LogP contribution in [0, 0.1) is 12.8 Å². The molecular weight excluding hydrogens is 352 g/mol. The molecule has 0 saturated carbocycles. The second kappa shape index (κ2) is 6.89. The van der Waals surface area contributed by atoms with Gasteiger partial charge in [-0.2, -0.15) is 14.6 Å². The van der Waals surface area contributed by atoms with Crippen molar-refractivity contribution in [1.29, 1.82) is 0 Å². The number of piperidine rings is 1. The van der Waals surface area contributed by atoms with Gasteiger partial charge < -0.3 is 9.80 Å². The highest BCUT2D eigenvalue weighted by Gasteiger charge is 2.31. The quantitative estimate of drug-likeness (QED) is 0.686. The molecule has 1 amide bonds. The van der Waals surface area contributed by atoms with E-state index in [4.69, 9.17) is 0 Å². The molecule has 2 aliphatic heterocycles. The van der Waals surface area contributed by atoms with Crippen molar-refractivity contribution in [2.45, 2.75) is 32.7 Å². The van der Waals surface area contributed by atoms with E-state index in [1.807, 2.05) is 13.0 Å². The van der Waals surface area contributed by atoms with Gasteiger partial charge in [-0.15, -0.1) is 0 Å². The van der Waals surface area contributed by atoms with Gasteiger partial charge in [-0.1, -0.05) is 24.3 Å². The molecule has 4 heterocycles. The van der Waals surface area contributed by atoms with E-state index in [1.165, 1.54) is 17.5 Å². The summed E-state index contributed by atoms with van der Waals surface area (Å²) in [6.45, 7) is 5.25. The van der Waals surface area contributed by atoms with E-state index in [1.54, 1.807) is 4.52 Å². The van der Waals surface area contributed by atoms with Crippen molar-refractivity contribution in [1.82, 2.24) is 24.5 Å². The minimum Gasteiger partial charge on any atom is -0.356 e. The number of rotatable bonds is 2. The summed E-state index contributed by atoms with van der Waals surface area (Å²) in [6, 6.07) is 10.5. The molecule has 1 saturated heterocycles. The molecule has 1 aromatic carbocycles. The lowest BCUT2D eigenvalue weighted by Gasteiger charge is -2.36. The predicted molar refractivity (Wildman–Crippen MR) is 106 cm³/mol. The normalized spacial score (nSPS) is 17.8. The fraction of sp³-hybridized carbons (Fsp3) is 0.429. The largest absolute Gasteiger partial charge is 0.356 e. The second-order valence-corrected chi connectivity index (χ2v) is 7.77. The van der Waals surface area contributed by atoms with Gasteiger partial charge in [-0.3, -0.25) is 4.79 Å². The molecule has 144 valence electrons. The Bertz CT molecular complexity index is 1020. The summed E-state index contributed by atoms with van der Waals surface area (Å²) in [5.41, 5.74) is 3.60. The van der Waals surface area contributed by atoms with Crippen molar-refractivity contribution in [3.8, 4) is 0 Å². The van der Waals surface area contributed by atoms with Crippen molar-refractivity contribution in [2.75, 3.05) is 24.5 Å². The summed E-state index contributed by atoms with van der Waals surface area (Å²) in [5, 5.41) is 4.31. The Labute approximate surface area is 164 Å². The minimum absolute atomic E-state index is 0.107. The Morgan fingerprint density at radius 3 is 2.71 bits per heavy atom. The maximum atomic E-state index is 13.1. The number of hydrogen-bond acceptors (Lipinski definition) is 5. The van der Waals surface area contributed by atoms with Crippen molar-refractivity contribution in [3.63, 3.8) is 0 Å². The lowest BCUT2D eigenvalue weighted by Crippen LogP contribution is -2.44. The molecule has 7 nitrogen and oxygen atoms in total. The van der Waals surface area contributed by atoms with Crippen LogP contribution in [0.3, 0.4) is 0 Å².